The van der Waals surface area contributed by atoms with Crippen molar-refractivity contribution in [1.29, 1.82) is 0 Å². The number of nitrogens with zero attached hydrogens (tertiary/aromatic N) is 3. The molecule has 1 saturated heterocycles. The maximum absolute atomic E-state index is 12.4. The fraction of sp³-hybridized carbons (Fsp3) is 0.438. The minimum Gasteiger partial charge on any atom is -0.424 e. The minimum atomic E-state index is 0.132. The van der Waals surface area contributed by atoms with Crippen molar-refractivity contribution in [3.8, 4) is 0 Å². The highest BCUT2D eigenvalue weighted by molar-refractivity contribution is 5.97. The van der Waals surface area contributed by atoms with Crippen molar-refractivity contribution in [2.24, 2.45) is 5.92 Å². The molecular formula is C16H19N3O2. The average Bonchev–Trinajstić information content (AvgIpc) is 2.93. The van der Waals surface area contributed by atoms with E-state index < -0.39 is 0 Å². The first-order valence-corrected chi connectivity index (χ1v) is 7.33. The fourth-order valence-corrected chi connectivity index (χ4v) is 2.78. The Bertz CT molecular complexity index is 601. The van der Waals surface area contributed by atoms with Crippen LogP contribution in [0.4, 0.5) is 0 Å². The van der Waals surface area contributed by atoms with Gasteiger partial charge in [0, 0.05) is 18.4 Å². The SMILES string of the molecule is Cc1nnc(CN2CCC(C(=O)c3ccccc3)CC2)o1. The Morgan fingerprint density at radius 3 is 2.57 bits per heavy atom. The van der Waals surface area contributed by atoms with E-state index in [1.165, 1.54) is 0 Å². The first-order valence-electron chi connectivity index (χ1n) is 7.33. The molecule has 0 radical (unpaired) electrons. The number of aromatic nitrogens is 2. The van der Waals surface area contributed by atoms with Gasteiger partial charge >= 0.3 is 0 Å². The Labute approximate surface area is 124 Å². The van der Waals surface area contributed by atoms with E-state index >= 15 is 0 Å². The Kier molecular flexibility index (Phi) is 4.10. The molecule has 2 heterocycles. The number of benzene rings is 1. The van der Waals surface area contributed by atoms with Crippen molar-refractivity contribution in [3.05, 3.63) is 47.7 Å². The maximum atomic E-state index is 12.4. The van der Waals surface area contributed by atoms with E-state index in [0.29, 0.717) is 18.3 Å². The summed E-state index contributed by atoms with van der Waals surface area (Å²) in [7, 11) is 0. The summed E-state index contributed by atoms with van der Waals surface area (Å²) in [6, 6.07) is 9.57. The van der Waals surface area contributed by atoms with Crippen LogP contribution in [0.15, 0.2) is 34.7 Å². The lowest BCUT2D eigenvalue weighted by atomic mass is 9.89. The Balaban J connectivity index is 1.54. The van der Waals surface area contributed by atoms with Gasteiger partial charge in [0.15, 0.2) is 5.78 Å². The second kappa shape index (κ2) is 6.18. The van der Waals surface area contributed by atoms with E-state index in [-0.39, 0.29) is 11.7 Å². The van der Waals surface area contributed by atoms with Crippen LogP contribution in [0.25, 0.3) is 0 Å². The molecule has 1 fully saturated rings. The third kappa shape index (κ3) is 3.36. The molecule has 21 heavy (non-hydrogen) atoms. The molecule has 2 aromatic rings. The molecule has 0 bridgehead atoms. The van der Waals surface area contributed by atoms with Gasteiger partial charge in [-0.2, -0.15) is 0 Å². The predicted octanol–water partition coefficient (Wildman–Crippen LogP) is 2.47. The standard InChI is InChI=1S/C16H19N3O2/c1-12-17-18-15(21-12)11-19-9-7-14(8-10-19)16(20)13-5-3-2-4-6-13/h2-6,14H,7-11H2,1H3. The molecule has 0 aliphatic carbocycles. The van der Waals surface area contributed by atoms with E-state index in [0.717, 1.165) is 31.5 Å². The van der Waals surface area contributed by atoms with Gasteiger partial charge < -0.3 is 4.42 Å². The molecule has 0 unspecified atom stereocenters. The molecule has 0 N–H and O–H groups in total. The lowest BCUT2D eigenvalue weighted by molar-refractivity contribution is 0.0827. The summed E-state index contributed by atoms with van der Waals surface area (Å²) < 4.78 is 5.40. The van der Waals surface area contributed by atoms with Crippen molar-refractivity contribution in [2.45, 2.75) is 26.3 Å². The van der Waals surface area contributed by atoms with E-state index in [2.05, 4.69) is 15.1 Å². The van der Waals surface area contributed by atoms with Gasteiger partial charge in [0.05, 0.1) is 6.54 Å². The molecule has 0 saturated carbocycles. The molecule has 0 amide bonds. The van der Waals surface area contributed by atoms with Crippen LogP contribution in [0.1, 0.15) is 35.0 Å². The number of aryl methyl sites for hydroxylation is 1. The highest BCUT2D eigenvalue weighted by Gasteiger charge is 2.26. The highest BCUT2D eigenvalue weighted by Crippen LogP contribution is 2.22. The number of rotatable bonds is 4. The van der Waals surface area contributed by atoms with Gasteiger partial charge in [-0.1, -0.05) is 30.3 Å². The topological polar surface area (TPSA) is 59.2 Å². The summed E-state index contributed by atoms with van der Waals surface area (Å²) in [4.78, 5) is 14.7. The van der Waals surface area contributed by atoms with Crippen LogP contribution in [0.3, 0.4) is 0 Å². The van der Waals surface area contributed by atoms with Crippen molar-refractivity contribution in [2.75, 3.05) is 13.1 Å². The van der Waals surface area contributed by atoms with Gasteiger partial charge in [0.25, 0.3) is 0 Å². The lowest BCUT2D eigenvalue weighted by Crippen LogP contribution is -2.36. The van der Waals surface area contributed by atoms with Gasteiger partial charge in [0.1, 0.15) is 0 Å². The number of piperidine rings is 1. The molecule has 5 heteroatoms. The number of carbonyl (C=O) groups excluding carboxylic acids is 1. The zero-order valence-electron chi connectivity index (χ0n) is 12.2. The first kappa shape index (κ1) is 13.9. The Morgan fingerprint density at radius 1 is 1.24 bits per heavy atom. The number of ketones is 1. The lowest BCUT2D eigenvalue weighted by Gasteiger charge is -2.30. The van der Waals surface area contributed by atoms with Gasteiger partial charge in [-0.25, -0.2) is 0 Å². The molecule has 1 aromatic heterocycles. The predicted molar refractivity (Wildman–Crippen MR) is 77.8 cm³/mol. The van der Waals surface area contributed by atoms with E-state index in [1.54, 1.807) is 6.92 Å². The summed E-state index contributed by atoms with van der Waals surface area (Å²) in [5, 5.41) is 7.85. The maximum Gasteiger partial charge on any atom is 0.230 e. The summed E-state index contributed by atoms with van der Waals surface area (Å²) in [6.07, 6.45) is 1.78. The smallest absolute Gasteiger partial charge is 0.230 e. The van der Waals surface area contributed by atoms with E-state index in [1.807, 2.05) is 30.3 Å². The molecule has 5 nitrogen and oxygen atoms in total. The molecule has 0 spiro atoms. The molecule has 110 valence electrons. The molecular weight excluding hydrogens is 266 g/mol. The quantitative estimate of drug-likeness (QED) is 0.808. The van der Waals surface area contributed by atoms with Crippen molar-refractivity contribution < 1.29 is 9.21 Å². The molecule has 1 aliphatic rings. The minimum absolute atomic E-state index is 0.132. The van der Waals surface area contributed by atoms with Crippen LogP contribution in [-0.4, -0.2) is 34.0 Å². The number of carbonyl (C=O) groups is 1. The fourth-order valence-electron chi connectivity index (χ4n) is 2.78. The molecule has 3 rings (SSSR count). The monoisotopic (exact) mass is 285 g/mol. The molecule has 1 aromatic carbocycles. The number of hydrogen-bond acceptors (Lipinski definition) is 5. The third-order valence-electron chi connectivity index (χ3n) is 3.94. The first-order chi connectivity index (χ1) is 10.2. The van der Waals surface area contributed by atoms with Crippen molar-refractivity contribution >= 4 is 5.78 Å². The van der Waals surface area contributed by atoms with Crippen LogP contribution < -0.4 is 0 Å². The normalized spacial score (nSPS) is 17.0. The van der Waals surface area contributed by atoms with Crippen LogP contribution in [0.2, 0.25) is 0 Å². The Hall–Kier alpha value is -2.01. The third-order valence-corrected chi connectivity index (χ3v) is 3.94. The van der Waals surface area contributed by atoms with Crippen molar-refractivity contribution in [1.82, 2.24) is 15.1 Å². The summed E-state index contributed by atoms with van der Waals surface area (Å²) in [5.41, 5.74) is 0.823. The molecule has 1 aliphatic heterocycles. The number of likely N-dealkylation sites (tertiary alicyclic amines) is 1. The zero-order chi connectivity index (χ0) is 14.7. The van der Waals surface area contributed by atoms with Crippen LogP contribution in [-0.2, 0) is 6.54 Å². The Morgan fingerprint density at radius 2 is 1.95 bits per heavy atom. The number of Topliss-reactive ketones (excluding diaryl/α,β-unsaturated/α-hetero) is 1. The van der Waals surface area contributed by atoms with Crippen LogP contribution in [0, 0.1) is 12.8 Å². The van der Waals surface area contributed by atoms with Gasteiger partial charge in [0.2, 0.25) is 11.8 Å². The zero-order valence-corrected chi connectivity index (χ0v) is 12.2. The van der Waals surface area contributed by atoms with E-state index in [9.17, 15) is 4.79 Å². The summed E-state index contributed by atoms with van der Waals surface area (Å²) >= 11 is 0. The summed E-state index contributed by atoms with van der Waals surface area (Å²) in [6.45, 7) is 4.25. The van der Waals surface area contributed by atoms with Gasteiger partial charge in [-0.3, -0.25) is 9.69 Å². The van der Waals surface area contributed by atoms with E-state index in [4.69, 9.17) is 4.42 Å². The largest absolute Gasteiger partial charge is 0.424 e. The number of hydrogen-bond donors (Lipinski definition) is 0. The van der Waals surface area contributed by atoms with Gasteiger partial charge in [-0.15, -0.1) is 10.2 Å². The second-order valence-corrected chi connectivity index (χ2v) is 5.50. The molecule has 0 atom stereocenters. The van der Waals surface area contributed by atoms with Gasteiger partial charge in [-0.05, 0) is 25.9 Å². The second-order valence-electron chi connectivity index (χ2n) is 5.50. The average molecular weight is 285 g/mol. The van der Waals surface area contributed by atoms with Crippen LogP contribution in [0.5, 0.6) is 0 Å². The highest BCUT2D eigenvalue weighted by atomic mass is 16.4. The van der Waals surface area contributed by atoms with Crippen molar-refractivity contribution in [3.63, 3.8) is 0 Å². The van der Waals surface area contributed by atoms with Crippen LogP contribution >= 0.6 is 0 Å². The summed E-state index contributed by atoms with van der Waals surface area (Å²) in [5.74, 6) is 1.65.